The molecule has 2 heterocycles. The molecule has 1 aliphatic heterocycles. The smallest absolute Gasteiger partial charge is 0.229 e. The molecule has 104 valence electrons. The van der Waals surface area contributed by atoms with Gasteiger partial charge in [-0.3, -0.25) is 9.69 Å². The molecule has 1 fully saturated rings. The molecule has 0 saturated carbocycles. The molecule has 1 saturated heterocycles. The second kappa shape index (κ2) is 5.63. The first-order chi connectivity index (χ1) is 9.67. The van der Waals surface area contributed by atoms with Gasteiger partial charge in [0.05, 0.1) is 5.69 Å². The van der Waals surface area contributed by atoms with Crippen molar-refractivity contribution in [3.63, 3.8) is 0 Å². The zero-order valence-corrected chi connectivity index (χ0v) is 13.2. The van der Waals surface area contributed by atoms with Crippen molar-refractivity contribution in [2.75, 3.05) is 18.0 Å². The third kappa shape index (κ3) is 2.63. The van der Waals surface area contributed by atoms with Gasteiger partial charge in [-0.15, -0.1) is 11.3 Å². The molecule has 0 aliphatic carbocycles. The summed E-state index contributed by atoms with van der Waals surface area (Å²) < 4.78 is 1.02. The Morgan fingerprint density at radius 1 is 1.50 bits per heavy atom. The van der Waals surface area contributed by atoms with E-state index in [2.05, 4.69) is 20.9 Å². The number of nitrogens with zero attached hydrogens (tertiary/aromatic N) is 2. The Balaban J connectivity index is 1.86. The molecular formula is C14H14BrN3OS. The number of hydrogen-bond acceptors (Lipinski definition) is 4. The van der Waals surface area contributed by atoms with Crippen molar-refractivity contribution in [3.05, 3.63) is 34.1 Å². The van der Waals surface area contributed by atoms with Gasteiger partial charge in [0.1, 0.15) is 0 Å². The maximum absolute atomic E-state index is 12.0. The highest BCUT2D eigenvalue weighted by atomic mass is 79.9. The molecule has 2 aromatic rings. The van der Waals surface area contributed by atoms with Crippen molar-refractivity contribution in [2.24, 2.45) is 11.7 Å². The monoisotopic (exact) mass is 351 g/mol. The molecule has 0 spiro atoms. The van der Waals surface area contributed by atoms with Gasteiger partial charge in [0, 0.05) is 28.4 Å². The summed E-state index contributed by atoms with van der Waals surface area (Å²) in [6, 6.07) is 7.99. The van der Waals surface area contributed by atoms with Crippen molar-refractivity contribution >= 4 is 38.3 Å². The lowest BCUT2D eigenvalue weighted by Gasteiger charge is -2.12. The number of rotatable bonds is 3. The highest BCUT2D eigenvalue weighted by Crippen LogP contribution is 2.32. The number of carbonyl (C=O) groups excluding carboxylic acids is 1. The van der Waals surface area contributed by atoms with Crippen molar-refractivity contribution < 1.29 is 4.79 Å². The minimum atomic E-state index is 0.121. The van der Waals surface area contributed by atoms with Gasteiger partial charge < -0.3 is 5.73 Å². The fourth-order valence-electron chi connectivity index (χ4n) is 2.29. The maximum Gasteiger partial charge on any atom is 0.229 e. The molecule has 1 aromatic carbocycles. The van der Waals surface area contributed by atoms with Gasteiger partial charge in [0.2, 0.25) is 5.91 Å². The lowest BCUT2D eigenvalue weighted by molar-refractivity contribution is -0.117. The molecule has 0 radical (unpaired) electrons. The van der Waals surface area contributed by atoms with Gasteiger partial charge in [-0.1, -0.05) is 28.1 Å². The van der Waals surface area contributed by atoms with E-state index < -0.39 is 0 Å². The van der Waals surface area contributed by atoms with Gasteiger partial charge in [0.25, 0.3) is 0 Å². The average molecular weight is 352 g/mol. The van der Waals surface area contributed by atoms with Gasteiger partial charge in [-0.05, 0) is 24.6 Å². The van der Waals surface area contributed by atoms with Crippen LogP contribution in [0.25, 0.3) is 11.3 Å². The number of benzene rings is 1. The minimum Gasteiger partial charge on any atom is -0.330 e. The topological polar surface area (TPSA) is 59.2 Å². The fourth-order valence-corrected chi connectivity index (χ4v) is 3.55. The summed E-state index contributed by atoms with van der Waals surface area (Å²) in [4.78, 5) is 18.3. The average Bonchev–Trinajstić information content (AvgIpc) is 3.05. The van der Waals surface area contributed by atoms with Crippen molar-refractivity contribution in [1.82, 2.24) is 4.98 Å². The van der Waals surface area contributed by atoms with Crippen molar-refractivity contribution in [3.8, 4) is 11.3 Å². The number of thiazole rings is 1. The van der Waals surface area contributed by atoms with Crippen LogP contribution in [-0.2, 0) is 4.79 Å². The number of anilines is 1. The first-order valence-corrected chi connectivity index (χ1v) is 8.06. The molecule has 1 aliphatic rings. The van der Waals surface area contributed by atoms with Crippen LogP contribution < -0.4 is 10.6 Å². The van der Waals surface area contributed by atoms with Crippen LogP contribution in [0.15, 0.2) is 34.1 Å². The van der Waals surface area contributed by atoms with Crippen LogP contribution in [0.4, 0.5) is 5.13 Å². The Kier molecular flexibility index (Phi) is 3.87. The molecule has 20 heavy (non-hydrogen) atoms. The Morgan fingerprint density at radius 2 is 2.35 bits per heavy atom. The number of hydrogen-bond donors (Lipinski definition) is 1. The van der Waals surface area contributed by atoms with E-state index >= 15 is 0 Å². The predicted octanol–water partition coefficient (Wildman–Crippen LogP) is 2.88. The van der Waals surface area contributed by atoms with Crippen LogP contribution in [-0.4, -0.2) is 24.0 Å². The normalized spacial score (nSPS) is 18.8. The van der Waals surface area contributed by atoms with E-state index in [1.165, 1.54) is 11.3 Å². The molecule has 4 nitrogen and oxygen atoms in total. The quantitative estimate of drug-likeness (QED) is 0.924. The van der Waals surface area contributed by atoms with E-state index in [4.69, 9.17) is 5.73 Å². The standard InChI is InChI=1S/C14H14BrN3OS/c15-11-3-1-2-10(5-11)12-8-20-14(17-12)18-7-9(6-16)4-13(18)19/h1-3,5,8-9H,4,6-7,16H2. The van der Waals surface area contributed by atoms with Gasteiger partial charge in [-0.25, -0.2) is 4.98 Å². The fraction of sp³-hybridized carbons (Fsp3) is 0.286. The van der Waals surface area contributed by atoms with Crippen LogP contribution in [0.1, 0.15) is 6.42 Å². The molecular weight excluding hydrogens is 338 g/mol. The van der Waals surface area contributed by atoms with Crippen molar-refractivity contribution in [2.45, 2.75) is 6.42 Å². The summed E-state index contributed by atoms with van der Waals surface area (Å²) in [5.41, 5.74) is 7.59. The van der Waals surface area contributed by atoms with Crippen LogP contribution in [0.3, 0.4) is 0 Å². The summed E-state index contributed by atoms with van der Waals surface area (Å²) >= 11 is 4.96. The minimum absolute atomic E-state index is 0.121. The number of aromatic nitrogens is 1. The lowest BCUT2D eigenvalue weighted by atomic mass is 10.1. The van der Waals surface area contributed by atoms with E-state index in [0.717, 1.165) is 20.9 Å². The van der Waals surface area contributed by atoms with Crippen LogP contribution >= 0.6 is 27.3 Å². The maximum atomic E-state index is 12.0. The van der Waals surface area contributed by atoms with E-state index in [9.17, 15) is 4.79 Å². The first-order valence-electron chi connectivity index (χ1n) is 6.39. The molecule has 1 atom stereocenters. The molecule has 2 N–H and O–H groups in total. The summed E-state index contributed by atoms with van der Waals surface area (Å²) in [5, 5.41) is 2.75. The van der Waals surface area contributed by atoms with E-state index in [-0.39, 0.29) is 11.8 Å². The molecule has 1 unspecified atom stereocenters. The SMILES string of the molecule is NCC1CC(=O)N(c2nc(-c3cccc(Br)c3)cs2)C1. The number of halogens is 1. The van der Waals surface area contributed by atoms with Crippen LogP contribution in [0.5, 0.6) is 0 Å². The summed E-state index contributed by atoms with van der Waals surface area (Å²) in [5.74, 6) is 0.372. The molecule has 1 aromatic heterocycles. The van der Waals surface area contributed by atoms with E-state index in [1.807, 2.05) is 29.6 Å². The van der Waals surface area contributed by atoms with E-state index in [0.29, 0.717) is 19.5 Å². The molecule has 3 rings (SSSR count). The predicted molar refractivity (Wildman–Crippen MR) is 84.8 cm³/mol. The highest BCUT2D eigenvalue weighted by molar-refractivity contribution is 9.10. The zero-order chi connectivity index (χ0) is 14.1. The molecule has 6 heteroatoms. The molecule has 0 bridgehead atoms. The number of nitrogens with two attached hydrogens (primary N) is 1. The lowest BCUT2D eigenvalue weighted by Crippen LogP contribution is -2.25. The Labute approximate surface area is 129 Å². The van der Waals surface area contributed by atoms with Gasteiger partial charge in [-0.2, -0.15) is 0 Å². The second-order valence-electron chi connectivity index (χ2n) is 4.84. The van der Waals surface area contributed by atoms with Gasteiger partial charge >= 0.3 is 0 Å². The van der Waals surface area contributed by atoms with E-state index in [1.54, 1.807) is 4.90 Å². The molecule has 1 amide bonds. The second-order valence-corrected chi connectivity index (χ2v) is 6.59. The first kappa shape index (κ1) is 13.7. The number of amides is 1. The summed E-state index contributed by atoms with van der Waals surface area (Å²) in [7, 11) is 0. The zero-order valence-electron chi connectivity index (χ0n) is 10.8. The summed E-state index contributed by atoms with van der Waals surface area (Å²) in [6.07, 6.45) is 0.530. The number of carbonyl (C=O) groups is 1. The van der Waals surface area contributed by atoms with Crippen LogP contribution in [0.2, 0.25) is 0 Å². The van der Waals surface area contributed by atoms with Crippen molar-refractivity contribution in [1.29, 1.82) is 0 Å². The largest absolute Gasteiger partial charge is 0.330 e. The highest BCUT2D eigenvalue weighted by Gasteiger charge is 2.31. The van der Waals surface area contributed by atoms with Gasteiger partial charge in [0.15, 0.2) is 5.13 Å². The Morgan fingerprint density at radius 3 is 3.05 bits per heavy atom. The third-order valence-corrected chi connectivity index (χ3v) is 4.74. The Hall–Kier alpha value is -1.24. The Bertz CT molecular complexity index is 643. The summed E-state index contributed by atoms with van der Waals surface area (Å²) in [6.45, 7) is 1.23. The van der Waals surface area contributed by atoms with Crippen LogP contribution in [0, 0.1) is 5.92 Å². The third-order valence-electron chi connectivity index (χ3n) is 3.38.